The smallest absolute Gasteiger partial charge is 0.330 e. The van der Waals surface area contributed by atoms with Crippen molar-refractivity contribution in [3.63, 3.8) is 0 Å². The Hall–Kier alpha value is -2.45. The number of sulfonamides is 1. The Morgan fingerprint density at radius 2 is 2.04 bits per heavy atom. The monoisotopic (exact) mass is 377 g/mol. The van der Waals surface area contributed by atoms with Gasteiger partial charge in [0, 0.05) is 11.0 Å². The molecule has 0 N–H and O–H groups in total. The summed E-state index contributed by atoms with van der Waals surface area (Å²) in [5.74, 6) is -1.19. The molecule has 1 aliphatic heterocycles. The number of amides is 1. The number of benzene rings is 1. The summed E-state index contributed by atoms with van der Waals surface area (Å²) in [6.07, 6.45) is 2.93. The van der Waals surface area contributed by atoms with Crippen LogP contribution < -0.4 is 0 Å². The van der Waals surface area contributed by atoms with Crippen molar-refractivity contribution >= 4 is 39.3 Å². The highest BCUT2D eigenvalue weighted by atomic mass is 32.2. The molecule has 0 saturated carbocycles. The van der Waals surface area contributed by atoms with Crippen molar-refractivity contribution in [1.29, 1.82) is 0 Å². The summed E-state index contributed by atoms with van der Waals surface area (Å²) in [7, 11) is -3.87. The van der Waals surface area contributed by atoms with Gasteiger partial charge in [0.15, 0.2) is 0 Å². The molecule has 0 spiro atoms. The van der Waals surface area contributed by atoms with E-state index in [1.807, 2.05) is 18.4 Å². The van der Waals surface area contributed by atoms with Gasteiger partial charge in [-0.2, -0.15) is 0 Å². The fourth-order valence-corrected chi connectivity index (χ4v) is 4.80. The summed E-state index contributed by atoms with van der Waals surface area (Å²) in [4.78, 5) is 24.9. The lowest BCUT2D eigenvalue weighted by molar-refractivity contribution is -0.137. The molecule has 2 aromatic rings. The topological polar surface area (TPSA) is 80.8 Å². The van der Waals surface area contributed by atoms with Gasteiger partial charge in [-0.25, -0.2) is 17.5 Å². The van der Waals surface area contributed by atoms with E-state index in [2.05, 4.69) is 0 Å². The molecule has 8 heteroatoms. The average Bonchev–Trinajstić information content (AvgIpc) is 3.08. The molecule has 0 bridgehead atoms. The normalized spacial score (nSPS) is 15.6. The molecule has 1 amide bonds. The van der Waals surface area contributed by atoms with E-state index in [-0.39, 0.29) is 23.6 Å². The van der Waals surface area contributed by atoms with E-state index < -0.39 is 21.9 Å². The average molecular weight is 377 g/mol. The van der Waals surface area contributed by atoms with Crippen LogP contribution in [0.5, 0.6) is 0 Å². The molecule has 25 heavy (non-hydrogen) atoms. The van der Waals surface area contributed by atoms with Gasteiger partial charge in [0.1, 0.15) is 11.5 Å². The minimum atomic E-state index is -3.87. The van der Waals surface area contributed by atoms with E-state index >= 15 is 0 Å². The number of nitrogens with zero attached hydrogens (tertiary/aromatic N) is 1. The Labute approximate surface area is 149 Å². The van der Waals surface area contributed by atoms with E-state index in [4.69, 9.17) is 4.74 Å². The number of hydrogen-bond donors (Lipinski definition) is 0. The van der Waals surface area contributed by atoms with Gasteiger partial charge in [-0.15, -0.1) is 11.3 Å². The van der Waals surface area contributed by atoms with Crippen molar-refractivity contribution in [1.82, 2.24) is 4.31 Å². The van der Waals surface area contributed by atoms with Crippen molar-refractivity contribution < 1.29 is 22.7 Å². The van der Waals surface area contributed by atoms with Crippen LogP contribution in [-0.4, -0.2) is 37.8 Å². The zero-order chi connectivity index (χ0) is 18.0. The van der Waals surface area contributed by atoms with Gasteiger partial charge in [0.05, 0.1) is 12.1 Å². The Kier molecular flexibility index (Phi) is 4.73. The van der Waals surface area contributed by atoms with E-state index in [1.165, 1.54) is 29.5 Å². The first-order valence-electron chi connectivity index (χ1n) is 7.46. The molecule has 2 heterocycles. The molecule has 0 atom stereocenters. The van der Waals surface area contributed by atoms with E-state index in [1.54, 1.807) is 18.2 Å². The number of thiophene rings is 1. The summed E-state index contributed by atoms with van der Waals surface area (Å²) < 4.78 is 30.4. The molecule has 0 fully saturated rings. The zero-order valence-corrected chi connectivity index (χ0v) is 15.0. The lowest BCUT2D eigenvalue weighted by atomic mass is 10.2. The highest BCUT2D eigenvalue weighted by molar-refractivity contribution is 7.90. The molecule has 0 radical (unpaired) electrons. The fraction of sp³-hybridized carbons (Fsp3) is 0.176. The molecular formula is C17H15NO5S2. The first kappa shape index (κ1) is 17.4. The molecule has 0 unspecified atom stereocenters. The van der Waals surface area contributed by atoms with Crippen LogP contribution in [0.1, 0.15) is 20.8 Å². The Balaban J connectivity index is 1.60. The molecule has 1 aromatic carbocycles. The lowest BCUT2D eigenvalue weighted by Gasteiger charge is -2.14. The molecule has 0 saturated heterocycles. The van der Waals surface area contributed by atoms with Crippen molar-refractivity contribution in [2.45, 2.75) is 11.8 Å². The Morgan fingerprint density at radius 3 is 2.72 bits per heavy atom. The Morgan fingerprint density at radius 1 is 1.28 bits per heavy atom. The summed E-state index contributed by atoms with van der Waals surface area (Å²) in [5, 5.41) is 1.92. The molecule has 1 aromatic heterocycles. The number of ether oxygens (including phenoxy) is 1. The first-order valence-corrected chi connectivity index (χ1v) is 9.78. The van der Waals surface area contributed by atoms with Gasteiger partial charge in [0.2, 0.25) is 0 Å². The second-order valence-electron chi connectivity index (χ2n) is 5.35. The van der Waals surface area contributed by atoms with Crippen LogP contribution in [-0.2, 0) is 19.6 Å². The van der Waals surface area contributed by atoms with Crippen molar-refractivity contribution in [2.75, 3.05) is 13.2 Å². The van der Waals surface area contributed by atoms with E-state index in [0.29, 0.717) is 0 Å². The van der Waals surface area contributed by atoms with Gasteiger partial charge in [-0.05, 0) is 42.1 Å². The van der Waals surface area contributed by atoms with Crippen molar-refractivity contribution in [3.05, 3.63) is 57.8 Å². The van der Waals surface area contributed by atoms with Crippen LogP contribution in [0.4, 0.5) is 0 Å². The predicted octanol–water partition coefficient (Wildman–Crippen LogP) is 2.46. The maximum Gasteiger partial charge on any atom is 0.330 e. The van der Waals surface area contributed by atoms with Gasteiger partial charge in [-0.3, -0.25) is 4.79 Å². The minimum Gasteiger partial charge on any atom is -0.461 e. The van der Waals surface area contributed by atoms with Crippen LogP contribution in [0, 0.1) is 6.92 Å². The first-order chi connectivity index (χ1) is 11.9. The largest absolute Gasteiger partial charge is 0.461 e. The molecule has 0 aliphatic carbocycles. The highest BCUT2D eigenvalue weighted by Gasteiger charge is 2.40. The number of aryl methyl sites for hydroxylation is 1. The fourth-order valence-electron chi connectivity index (χ4n) is 2.43. The number of rotatable bonds is 5. The van der Waals surface area contributed by atoms with Crippen LogP contribution in [0.25, 0.3) is 6.08 Å². The van der Waals surface area contributed by atoms with Gasteiger partial charge in [0.25, 0.3) is 15.9 Å². The zero-order valence-electron chi connectivity index (χ0n) is 13.3. The summed E-state index contributed by atoms with van der Waals surface area (Å²) in [6, 6.07) is 7.96. The third kappa shape index (κ3) is 3.35. The Bertz CT molecular complexity index is 959. The number of carbonyl (C=O) groups is 2. The van der Waals surface area contributed by atoms with Crippen LogP contribution >= 0.6 is 11.3 Å². The van der Waals surface area contributed by atoms with E-state index in [9.17, 15) is 18.0 Å². The van der Waals surface area contributed by atoms with Crippen LogP contribution in [0.2, 0.25) is 0 Å². The minimum absolute atomic E-state index is 0.0145. The van der Waals surface area contributed by atoms with E-state index in [0.717, 1.165) is 14.7 Å². The molecule has 130 valence electrons. The van der Waals surface area contributed by atoms with Gasteiger partial charge >= 0.3 is 5.97 Å². The second-order valence-corrected chi connectivity index (χ2v) is 8.13. The molecular weight excluding hydrogens is 362 g/mol. The lowest BCUT2D eigenvalue weighted by Crippen LogP contribution is -2.33. The van der Waals surface area contributed by atoms with Gasteiger partial charge in [-0.1, -0.05) is 12.1 Å². The number of esters is 1. The summed E-state index contributed by atoms with van der Waals surface area (Å²) in [5.41, 5.74) is 1.20. The molecule has 6 nitrogen and oxygen atoms in total. The number of carbonyl (C=O) groups excluding carboxylic acids is 2. The maximum atomic E-state index is 12.3. The summed E-state index contributed by atoms with van der Waals surface area (Å²) in [6.45, 7) is 1.52. The van der Waals surface area contributed by atoms with Crippen molar-refractivity contribution in [3.8, 4) is 0 Å². The third-order valence-corrected chi connectivity index (χ3v) is 6.55. The highest BCUT2D eigenvalue weighted by Crippen LogP contribution is 2.29. The maximum absolute atomic E-state index is 12.3. The second kappa shape index (κ2) is 6.81. The predicted molar refractivity (Wildman–Crippen MR) is 93.7 cm³/mol. The molecule has 1 aliphatic rings. The SMILES string of the molecule is Cc1ccsc1/C=C/C(=O)OCCN1C(=O)c2ccccc2S1(=O)=O. The third-order valence-electron chi connectivity index (χ3n) is 3.72. The summed E-state index contributed by atoms with van der Waals surface area (Å²) >= 11 is 1.50. The number of hydrogen-bond acceptors (Lipinski definition) is 6. The quantitative estimate of drug-likeness (QED) is 0.591. The molecule has 3 rings (SSSR count). The number of fused-ring (bicyclic) bond motifs is 1. The van der Waals surface area contributed by atoms with Crippen LogP contribution in [0.15, 0.2) is 46.7 Å². The van der Waals surface area contributed by atoms with Crippen molar-refractivity contribution in [2.24, 2.45) is 0 Å². The van der Waals surface area contributed by atoms with Gasteiger partial charge < -0.3 is 4.74 Å². The van der Waals surface area contributed by atoms with Crippen LogP contribution in [0.3, 0.4) is 0 Å². The standard InChI is InChI=1S/C17H15NO5S2/c1-12-8-11-24-14(12)6-7-16(19)23-10-9-18-17(20)13-4-2-3-5-15(13)25(18,21)22/h2-8,11H,9-10H2,1H3/b7-6+.